The summed E-state index contributed by atoms with van der Waals surface area (Å²) in [5.41, 5.74) is 0.501. The van der Waals surface area contributed by atoms with Gasteiger partial charge in [-0.1, -0.05) is 13.8 Å². The molecule has 0 spiro atoms. The Bertz CT molecular complexity index is 312. The summed E-state index contributed by atoms with van der Waals surface area (Å²) in [5.74, 6) is 0.149. The van der Waals surface area contributed by atoms with Gasteiger partial charge in [-0.3, -0.25) is 0 Å². The predicted molar refractivity (Wildman–Crippen MR) is 59.0 cm³/mol. The van der Waals surface area contributed by atoms with Crippen molar-refractivity contribution in [1.29, 1.82) is 0 Å². The minimum Gasteiger partial charge on any atom is -0.493 e. The molecule has 2 rings (SSSR count). The lowest BCUT2D eigenvalue weighted by Crippen LogP contribution is -2.55. The summed E-state index contributed by atoms with van der Waals surface area (Å²) in [7, 11) is 0. The summed E-state index contributed by atoms with van der Waals surface area (Å²) in [6.07, 6.45) is 2.47. The molecular formula is C10H16N2OS. The highest BCUT2D eigenvalue weighted by atomic mass is 32.1. The average molecular weight is 212 g/mol. The largest absolute Gasteiger partial charge is 0.493 e. The van der Waals surface area contributed by atoms with Gasteiger partial charge >= 0.3 is 0 Å². The van der Waals surface area contributed by atoms with Gasteiger partial charge in [0.25, 0.3) is 0 Å². The zero-order valence-corrected chi connectivity index (χ0v) is 9.47. The standard InChI is InChI=1S/C10H16N2OS/c1-3-10(4-2)6-12(7-10)9-11-8(13)5-14-9/h5,13H,3-4,6-7H2,1-2H3. The van der Waals surface area contributed by atoms with E-state index in [1.165, 1.54) is 24.2 Å². The van der Waals surface area contributed by atoms with Crippen LogP contribution in [-0.4, -0.2) is 23.2 Å². The molecule has 0 atom stereocenters. The molecule has 0 bridgehead atoms. The van der Waals surface area contributed by atoms with Crippen LogP contribution in [0.3, 0.4) is 0 Å². The third kappa shape index (κ3) is 1.47. The number of nitrogens with zero attached hydrogens (tertiary/aromatic N) is 2. The molecule has 1 aromatic rings. The number of hydrogen-bond acceptors (Lipinski definition) is 4. The number of aromatic hydroxyl groups is 1. The van der Waals surface area contributed by atoms with Crippen molar-refractivity contribution in [3.63, 3.8) is 0 Å². The average Bonchev–Trinajstić information content (AvgIpc) is 2.52. The second kappa shape index (κ2) is 3.42. The van der Waals surface area contributed by atoms with Crippen LogP contribution >= 0.6 is 11.3 Å². The maximum absolute atomic E-state index is 9.14. The first kappa shape index (κ1) is 9.77. The number of thiazole rings is 1. The molecule has 0 amide bonds. The lowest BCUT2D eigenvalue weighted by Gasteiger charge is -2.49. The fraction of sp³-hybridized carbons (Fsp3) is 0.700. The summed E-state index contributed by atoms with van der Waals surface area (Å²) in [4.78, 5) is 6.31. The molecule has 2 heterocycles. The highest BCUT2D eigenvalue weighted by molar-refractivity contribution is 7.13. The molecule has 3 nitrogen and oxygen atoms in total. The van der Waals surface area contributed by atoms with Crippen molar-refractivity contribution in [3.05, 3.63) is 5.38 Å². The van der Waals surface area contributed by atoms with Gasteiger partial charge in [0.15, 0.2) is 5.13 Å². The van der Waals surface area contributed by atoms with Crippen LogP contribution in [0.25, 0.3) is 0 Å². The van der Waals surface area contributed by atoms with Crippen LogP contribution in [0, 0.1) is 5.41 Å². The van der Waals surface area contributed by atoms with Crippen molar-refractivity contribution >= 4 is 16.5 Å². The Morgan fingerprint density at radius 1 is 1.50 bits per heavy atom. The number of anilines is 1. The van der Waals surface area contributed by atoms with Gasteiger partial charge in [-0.05, 0) is 12.8 Å². The lowest BCUT2D eigenvalue weighted by atomic mass is 9.75. The topological polar surface area (TPSA) is 36.4 Å². The lowest BCUT2D eigenvalue weighted by molar-refractivity contribution is 0.194. The molecule has 0 aromatic carbocycles. The van der Waals surface area contributed by atoms with Gasteiger partial charge in [0, 0.05) is 18.5 Å². The molecule has 0 unspecified atom stereocenters. The summed E-state index contributed by atoms with van der Waals surface area (Å²) in [6, 6.07) is 0. The van der Waals surface area contributed by atoms with E-state index >= 15 is 0 Å². The minimum atomic E-state index is 0.149. The Morgan fingerprint density at radius 3 is 2.57 bits per heavy atom. The number of hydrogen-bond donors (Lipinski definition) is 1. The van der Waals surface area contributed by atoms with Crippen molar-refractivity contribution in [2.45, 2.75) is 26.7 Å². The van der Waals surface area contributed by atoms with Gasteiger partial charge in [0.2, 0.25) is 5.88 Å². The first-order valence-electron chi connectivity index (χ1n) is 5.08. The normalized spacial score (nSPS) is 19.4. The Hall–Kier alpha value is -0.770. The van der Waals surface area contributed by atoms with Crippen LogP contribution in [-0.2, 0) is 0 Å². The third-order valence-corrected chi connectivity index (χ3v) is 4.19. The molecule has 0 radical (unpaired) electrons. The van der Waals surface area contributed by atoms with E-state index in [0.717, 1.165) is 18.2 Å². The van der Waals surface area contributed by atoms with Crippen LogP contribution in [0.5, 0.6) is 5.88 Å². The molecule has 14 heavy (non-hydrogen) atoms. The SMILES string of the molecule is CCC1(CC)CN(c2nc(O)cs2)C1. The predicted octanol–water partition coefficient (Wildman–Crippen LogP) is 2.48. The van der Waals surface area contributed by atoms with Gasteiger partial charge in [0.1, 0.15) is 0 Å². The monoisotopic (exact) mass is 212 g/mol. The zero-order valence-electron chi connectivity index (χ0n) is 8.66. The Morgan fingerprint density at radius 2 is 2.14 bits per heavy atom. The quantitative estimate of drug-likeness (QED) is 0.836. The Labute approximate surface area is 88.4 Å². The van der Waals surface area contributed by atoms with E-state index in [9.17, 15) is 0 Å². The molecule has 1 fully saturated rings. The molecule has 1 N–H and O–H groups in total. The van der Waals surface area contributed by atoms with Crippen molar-refractivity contribution in [1.82, 2.24) is 4.98 Å². The Kier molecular flexibility index (Phi) is 2.39. The molecule has 1 aromatic heterocycles. The molecule has 1 aliphatic heterocycles. The van der Waals surface area contributed by atoms with Gasteiger partial charge in [-0.15, -0.1) is 11.3 Å². The third-order valence-electron chi connectivity index (χ3n) is 3.30. The minimum absolute atomic E-state index is 0.149. The molecule has 0 saturated carbocycles. The van der Waals surface area contributed by atoms with E-state index in [1.54, 1.807) is 5.38 Å². The summed E-state index contributed by atoms with van der Waals surface area (Å²) < 4.78 is 0. The highest BCUT2D eigenvalue weighted by Gasteiger charge is 2.40. The van der Waals surface area contributed by atoms with Crippen molar-refractivity contribution in [2.75, 3.05) is 18.0 Å². The molecule has 1 saturated heterocycles. The second-order valence-electron chi connectivity index (χ2n) is 4.05. The molecular weight excluding hydrogens is 196 g/mol. The van der Waals surface area contributed by atoms with Gasteiger partial charge in [-0.2, -0.15) is 4.98 Å². The molecule has 78 valence electrons. The molecule has 0 aliphatic carbocycles. The first-order chi connectivity index (χ1) is 6.69. The summed E-state index contributed by atoms with van der Waals surface area (Å²) in [6.45, 7) is 6.68. The van der Waals surface area contributed by atoms with Crippen LogP contribution in [0.4, 0.5) is 5.13 Å². The number of rotatable bonds is 3. The van der Waals surface area contributed by atoms with Crippen molar-refractivity contribution in [2.24, 2.45) is 5.41 Å². The van der Waals surface area contributed by atoms with E-state index in [4.69, 9.17) is 5.11 Å². The Balaban J connectivity index is 2.00. The summed E-state index contributed by atoms with van der Waals surface area (Å²) in [5, 5.41) is 11.8. The van der Waals surface area contributed by atoms with Gasteiger partial charge < -0.3 is 10.0 Å². The first-order valence-corrected chi connectivity index (χ1v) is 5.96. The summed E-state index contributed by atoms with van der Waals surface area (Å²) >= 11 is 1.52. The smallest absolute Gasteiger partial charge is 0.223 e. The van der Waals surface area contributed by atoms with Crippen LogP contribution in [0.2, 0.25) is 0 Å². The van der Waals surface area contributed by atoms with E-state index in [2.05, 4.69) is 23.7 Å². The highest BCUT2D eigenvalue weighted by Crippen LogP contribution is 2.41. The second-order valence-corrected chi connectivity index (χ2v) is 4.89. The zero-order chi connectivity index (χ0) is 10.2. The van der Waals surface area contributed by atoms with Crippen LogP contribution in [0.15, 0.2) is 5.38 Å². The van der Waals surface area contributed by atoms with E-state index in [1.807, 2.05) is 0 Å². The van der Waals surface area contributed by atoms with E-state index in [0.29, 0.717) is 5.41 Å². The maximum Gasteiger partial charge on any atom is 0.223 e. The molecule has 4 heteroatoms. The van der Waals surface area contributed by atoms with E-state index in [-0.39, 0.29) is 5.88 Å². The number of aromatic nitrogens is 1. The van der Waals surface area contributed by atoms with Crippen LogP contribution < -0.4 is 4.90 Å². The van der Waals surface area contributed by atoms with E-state index < -0.39 is 0 Å². The van der Waals surface area contributed by atoms with Crippen molar-refractivity contribution < 1.29 is 5.11 Å². The van der Waals surface area contributed by atoms with Gasteiger partial charge in [-0.25, -0.2) is 0 Å². The fourth-order valence-electron chi connectivity index (χ4n) is 2.00. The van der Waals surface area contributed by atoms with Crippen molar-refractivity contribution in [3.8, 4) is 5.88 Å². The fourth-order valence-corrected chi connectivity index (χ4v) is 2.69. The maximum atomic E-state index is 9.14. The van der Waals surface area contributed by atoms with Crippen LogP contribution in [0.1, 0.15) is 26.7 Å². The molecule has 1 aliphatic rings. The van der Waals surface area contributed by atoms with Gasteiger partial charge in [0.05, 0.1) is 5.38 Å².